The predicted molar refractivity (Wildman–Crippen MR) is 88.5 cm³/mol. The highest BCUT2D eigenvalue weighted by molar-refractivity contribution is 6.07. The van der Waals surface area contributed by atoms with Crippen molar-refractivity contribution in [2.45, 2.75) is 0 Å². The second-order valence-electron chi connectivity index (χ2n) is 5.16. The first kappa shape index (κ1) is 16.1. The Morgan fingerprint density at radius 2 is 1.68 bits per heavy atom. The number of nitrogen functional groups attached to an aromatic ring is 1. The number of pyridine rings is 1. The average Bonchev–Trinajstić information content (AvgIpc) is 3.07. The third-order valence-electron chi connectivity index (χ3n) is 3.63. The third-order valence-corrected chi connectivity index (χ3v) is 3.63. The number of benzene rings is 1. The number of aromatic nitrogens is 1. The van der Waals surface area contributed by atoms with Crippen LogP contribution in [0.5, 0.6) is 0 Å². The van der Waals surface area contributed by atoms with Crippen molar-refractivity contribution in [2.75, 3.05) is 5.73 Å². The van der Waals surface area contributed by atoms with Gasteiger partial charge in [-0.2, -0.15) is 0 Å². The van der Waals surface area contributed by atoms with Crippen LogP contribution in [-0.2, 0) is 0 Å². The first-order valence-electron chi connectivity index (χ1n) is 7.06. The molecule has 0 bridgehead atoms. The van der Waals surface area contributed by atoms with Crippen LogP contribution in [0.3, 0.4) is 0 Å². The van der Waals surface area contributed by atoms with E-state index in [9.17, 15) is 24.6 Å². The summed E-state index contributed by atoms with van der Waals surface area (Å²) in [5.74, 6) is -2.91. The third kappa shape index (κ3) is 2.76. The zero-order valence-corrected chi connectivity index (χ0v) is 12.6. The Morgan fingerprint density at radius 1 is 1.00 bits per heavy atom. The Morgan fingerprint density at radius 3 is 2.28 bits per heavy atom. The molecule has 126 valence electrons. The maximum atomic E-state index is 12.0. The van der Waals surface area contributed by atoms with Gasteiger partial charge < -0.3 is 25.3 Å². The zero-order chi connectivity index (χ0) is 18.1. The van der Waals surface area contributed by atoms with Gasteiger partial charge in [-0.25, -0.2) is 9.59 Å². The van der Waals surface area contributed by atoms with E-state index < -0.39 is 34.4 Å². The number of carboxylic acid groups (broad SMARTS) is 2. The lowest BCUT2D eigenvalue weighted by Crippen LogP contribution is -2.24. The van der Waals surface area contributed by atoms with Gasteiger partial charge >= 0.3 is 11.9 Å². The van der Waals surface area contributed by atoms with Gasteiger partial charge in [-0.05, 0) is 23.8 Å². The SMILES string of the molecule is Nc1[nH]c(=O)c(C(=O)O)c(-c2cccc(-c3ccco3)c2)c1C(=O)O. The standard InChI is InChI=1S/C17H12N2O6/c18-14-12(16(21)22)11(13(17(23)24)15(20)19-14)9-4-1-3-8(7-9)10-5-2-6-25-10/h1-7H,(H,21,22)(H,23,24)(H3,18,19,20). The summed E-state index contributed by atoms with van der Waals surface area (Å²) in [6, 6.07) is 9.72. The Hall–Kier alpha value is -3.81. The van der Waals surface area contributed by atoms with Crippen molar-refractivity contribution in [3.05, 3.63) is 64.1 Å². The van der Waals surface area contributed by atoms with Crippen molar-refractivity contribution in [3.8, 4) is 22.5 Å². The van der Waals surface area contributed by atoms with Crippen LogP contribution in [0, 0.1) is 0 Å². The lowest BCUT2D eigenvalue weighted by atomic mass is 9.94. The number of anilines is 1. The number of carboxylic acids is 2. The van der Waals surface area contributed by atoms with E-state index in [-0.39, 0.29) is 11.1 Å². The summed E-state index contributed by atoms with van der Waals surface area (Å²) in [5, 5.41) is 18.8. The van der Waals surface area contributed by atoms with Gasteiger partial charge in [-0.15, -0.1) is 0 Å². The molecule has 0 spiro atoms. The number of nitrogens with one attached hydrogen (secondary N) is 1. The predicted octanol–water partition coefficient (Wildman–Crippen LogP) is 2.28. The van der Waals surface area contributed by atoms with Crippen LogP contribution in [0.1, 0.15) is 20.7 Å². The molecule has 0 fully saturated rings. The number of furan rings is 1. The van der Waals surface area contributed by atoms with Crippen molar-refractivity contribution < 1.29 is 24.2 Å². The quantitative estimate of drug-likeness (QED) is 0.569. The molecule has 5 N–H and O–H groups in total. The average molecular weight is 340 g/mol. The molecule has 25 heavy (non-hydrogen) atoms. The van der Waals surface area contributed by atoms with E-state index in [4.69, 9.17) is 10.2 Å². The molecule has 0 aliphatic rings. The van der Waals surface area contributed by atoms with Gasteiger partial charge in [-0.3, -0.25) is 4.79 Å². The fourth-order valence-electron chi connectivity index (χ4n) is 2.61. The van der Waals surface area contributed by atoms with Crippen LogP contribution in [-0.4, -0.2) is 27.1 Å². The molecule has 0 unspecified atom stereocenters. The summed E-state index contributed by atoms with van der Waals surface area (Å²) < 4.78 is 5.29. The Bertz CT molecular complexity index is 1030. The summed E-state index contributed by atoms with van der Waals surface area (Å²) >= 11 is 0. The minimum absolute atomic E-state index is 0.224. The molecule has 8 heteroatoms. The highest BCUT2D eigenvalue weighted by Crippen LogP contribution is 2.32. The molecular weight excluding hydrogens is 328 g/mol. The minimum atomic E-state index is -1.55. The molecule has 1 aromatic carbocycles. The molecule has 3 aromatic rings. The van der Waals surface area contributed by atoms with Gasteiger partial charge in [0.2, 0.25) is 0 Å². The Kier molecular flexibility index (Phi) is 3.86. The Labute approximate surface area is 140 Å². The van der Waals surface area contributed by atoms with E-state index in [0.717, 1.165) is 0 Å². The van der Waals surface area contributed by atoms with E-state index in [0.29, 0.717) is 11.3 Å². The topological polar surface area (TPSA) is 147 Å². The summed E-state index contributed by atoms with van der Waals surface area (Å²) in [6.07, 6.45) is 1.47. The van der Waals surface area contributed by atoms with Crippen LogP contribution in [0.4, 0.5) is 5.82 Å². The number of H-pyrrole nitrogens is 1. The van der Waals surface area contributed by atoms with Crippen molar-refractivity contribution in [1.29, 1.82) is 0 Å². The van der Waals surface area contributed by atoms with E-state index in [2.05, 4.69) is 4.98 Å². The highest BCUT2D eigenvalue weighted by atomic mass is 16.4. The molecule has 0 aliphatic carbocycles. The first-order chi connectivity index (χ1) is 11.9. The number of aromatic amines is 1. The molecule has 2 aromatic heterocycles. The first-order valence-corrected chi connectivity index (χ1v) is 7.06. The van der Waals surface area contributed by atoms with Gasteiger partial charge in [0, 0.05) is 11.1 Å². The number of hydrogen-bond acceptors (Lipinski definition) is 5. The second kappa shape index (κ2) is 6.00. The van der Waals surface area contributed by atoms with E-state index in [1.165, 1.54) is 18.4 Å². The fraction of sp³-hybridized carbons (Fsp3) is 0. The fourth-order valence-corrected chi connectivity index (χ4v) is 2.61. The van der Waals surface area contributed by atoms with E-state index in [1.54, 1.807) is 24.3 Å². The summed E-state index contributed by atoms with van der Waals surface area (Å²) in [6.45, 7) is 0. The largest absolute Gasteiger partial charge is 0.478 e. The van der Waals surface area contributed by atoms with Crippen molar-refractivity contribution in [1.82, 2.24) is 4.98 Å². The number of carbonyl (C=O) groups is 2. The molecule has 8 nitrogen and oxygen atoms in total. The van der Waals surface area contributed by atoms with Gasteiger partial charge in [0.25, 0.3) is 5.56 Å². The molecule has 2 heterocycles. The monoisotopic (exact) mass is 340 g/mol. The lowest BCUT2D eigenvalue weighted by Gasteiger charge is -2.12. The lowest BCUT2D eigenvalue weighted by molar-refractivity contribution is 0.0695. The molecule has 0 amide bonds. The second-order valence-corrected chi connectivity index (χ2v) is 5.16. The van der Waals surface area contributed by atoms with Crippen LogP contribution in [0.2, 0.25) is 0 Å². The van der Waals surface area contributed by atoms with Crippen molar-refractivity contribution in [2.24, 2.45) is 0 Å². The molecule has 0 aliphatic heterocycles. The number of rotatable bonds is 4. The van der Waals surface area contributed by atoms with Gasteiger partial charge in [-0.1, -0.05) is 18.2 Å². The van der Waals surface area contributed by atoms with Gasteiger partial charge in [0.1, 0.15) is 22.7 Å². The number of nitrogens with two attached hydrogens (primary N) is 1. The summed E-state index contributed by atoms with van der Waals surface area (Å²) in [7, 11) is 0. The molecular formula is C17H12N2O6. The highest BCUT2D eigenvalue weighted by Gasteiger charge is 2.26. The van der Waals surface area contributed by atoms with Crippen molar-refractivity contribution >= 4 is 17.8 Å². The summed E-state index contributed by atoms with van der Waals surface area (Å²) in [4.78, 5) is 37.2. The molecule has 0 saturated heterocycles. The number of aromatic carboxylic acids is 2. The Balaban J connectivity index is 2.37. The zero-order valence-electron chi connectivity index (χ0n) is 12.6. The molecule has 0 atom stereocenters. The molecule has 3 rings (SSSR count). The van der Waals surface area contributed by atoms with Crippen LogP contribution in [0.15, 0.2) is 51.9 Å². The van der Waals surface area contributed by atoms with Gasteiger partial charge in [0.05, 0.1) is 6.26 Å². The smallest absolute Gasteiger partial charge is 0.342 e. The van der Waals surface area contributed by atoms with Crippen LogP contribution >= 0.6 is 0 Å². The maximum absolute atomic E-state index is 12.0. The maximum Gasteiger partial charge on any atom is 0.342 e. The van der Waals surface area contributed by atoms with E-state index >= 15 is 0 Å². The van der Waals surface area contributed by atoms with E-state index in [1.807, 2.05) is 0 Å². The van der Waals surface area contributed by atoms with Gasteiger partial charge in [0.15, 0.2) is 0 Å². The van der Waals surface area contributed by atoms with Crippen molar-refractivity contribution in [3.63, 3.8) is 0 Å². The van der Waals surface area contributed by atoms with Crippen LogP contribution in [0.25, 0.3) is 22.5 Å². The normalized spacial score (nSPS) is 10.6. The summed E-state index contributed by atoms with van der Waals surface area (Å²) in [5.41, 5.74) is 4.03. The molecule has 0 radical (unpaired) electrons. The number of hydrogen-bond donors (Lipinski definition) is 4. The molecule has 0 saturated carbocycles. The van der Waals surface area contributed by atoms with Crippen LogP contribution < -0.4 is 11.3 Å². The minimum Gasteiger partial charge on any atom is -0.478 e.